The molecule has 0 bridgehead atoms. The second kappa shape index (κ2) is 7.77. The number of aryl methyl sites for hydroxylation is 1. The molecular formula is C13H20BrClN2O. The Morgan fingerprint density at radius 2 is 2.06 bits per heavy atom. The summed E-state index contributed by atoms with van der Waals surface area (Å²) in [6.07, 6.45) is 0.877. The first-order valence-corrected chi connectivity index (χ1v) is 6.59. The van der Waals surface area contributed by atoms with Crippen LogP contribution in [-0.2, 0) is 11.2 Å². The molecule has 0 spiro atoms. The molecule has 1 aromatic carbocycles. The van der Waals surface area contributed by atoms with Gasteiger partial charge in [-0.05, 0) is 37.1 Å². The molecule has 3 N–H and O–H groups in total. The normalized spacial score (nSPS) is 13.4. The molecule has 1 amide bonds. The predicted octanol–water partition coefficient (Wildman–Crippen LogP) is 3.36. The summed E-state index contributed by atoms with van der Waals surface area (Å²) >= 11 is 3.42. The zero-order valence-electron chi connectivity index (χ0n) is 10.9. The molecule has 18 heavy (non-hydrogen) atoms. The summed E-state index contributed by atoms with van der Waals surface area (Å²) in [7, 11) is 0. The number of anilines is 1. The fourth-order valence-corrected chi connectivity index (χ4v) is 1.87. The lowest BCUT2D eigenvalue weighted by atomic mass is 10.0. The maximum atomic E-state index is 11.9. The van der Waals surface area contributed by atoms with Crippen molar-refractivity contribution in [2.24, 2.45) is 11.7 Å². The lowest BCUT2D eigenvalue weighted by Gasteiger charge is -2.17. The van der Waals surface area contributed by atoms with Gasteiger partial charge in [-0.15, -0.1) is 12.4 Å². The maximum absolute atomic E-state index is 11.9. The van der Waals surface area contributed by atoms with Crippen molar-refractivity contribution >= 4 is 39.9 Å². The Hall–Kier alpha value is -0.580. The lowest BCUT2D eigenvalue weighted by Crippen LogP contribution is -2.34. The molecule has 3 nitrogen and oxygen atoms in total. The summed E-state index contributed by atoms with van der Waals surface area (Å²) in [6.45, 7) is 5.74. The number of nitrogens with one attached hydrogen (secondary N) is 1. The Bertz CT molecular complexity index is 410. The maximum Gasteiger partial charge on any atom is 0.228 e. The zero-order valence-corrected chi connectivity index (χ0v) is 13.3. The number of nitrogens with two attached hydrogens (primary N) is 1. The fraction of sp³-hybridized carbons (Fsp3) is 0.462. The van der Waals surface area contributed by atoms with Crippen LogP contribution in [0.3, 0.4) is 0 Å². The number of carbonyl (C=O) groups is 1. The van der Waals surface area contributed by atoms with Gasteiger partial charge < -0.3 is 11.1 Å². The van der Waals surface area contributed by atoms with Crippen LogP contribution in [0.25, 0.3) is 0 Å². The molecule has 0 heterocycles. The summed E-state index contributed by atoms with van der Waals surface area (Å²) < 4.78 is 1.02. The van der Waals surface area contributed by atoms with Crippen molar-refractivity contribution in [3.63, 3.8) is 0 Å². The van der Waals surface area contributed by atoms with Crippen LogP contribution < -0.4 is 11.1 Å². The summed E-state index contributed by atoms with van der Waals surface area (Å²) in [4.78, 5) is 11.9. The first kappa shape index (κ1) is 17.4. The average molecular weight is 336 g/mol. The molecule has 1 aromatic rings. The van der Waals surface area contributed by atoms with Gasteiger partial charge in [-0.2, -0.15) is 0 Å². The molecule has 0 saturated carbocycles. The van der Waals surface area contributed by atoms with E-state index >= 15 is 0 Å². The molecule has 0 radical (unpaired) electrons. The highest BCUT2D eigenvalue weighted by Gasteiger charge is 2.17. The fourth-order valence-electron chi connectivity index (χ4n) is 1.46. The predicted molar refractivity (Wildman–Crippen MR) is 82.2 cm³/mol. The van der Waals surface area contributed by atoms with E-state index in [0.29, 0.717) is 0 Å². The van der Waals surface area contributed by atoms with Crippen LogP contribution in [0.5, 0.6) is 0 Å². The highest BCUT2D eigenvalue weighted by Crippen LogP contribution is 2.22. The highest BCUT2D eigenvalue weighted by molar-refractivity contribution is 9.10. The average Bonchev–Trinajstić information content (AvgIpc) is 2.30. The third-order valence-corrected chi connectivity index (χ3v) is 3.40. The van der Waals surface area contributed by atoms with Crippen LogP contribution in [0, 0.1) is 5.92 Å². The van der Waals surface area contributed by atoms with Gasteiger partial charge in [0.25, 0.3) is 0 Å². The molecule has 2 atom stereocenters. The smallest absolute Gasteiger partial charge is 0.228 e. The minimum absolute atomic E-state index is 0. The summed E-state index contributed by atoms with van der Waals surface area (Å²) in [5.41, 5.74) is 7.70. The van der Waals surface area contributed by atoms with Crippen molar-refractivity contribution in [2.75, 3.05) is 5.32 Å². The quantitative estimate of drug-likeness (QED) is 0.886. The SMILES string of the molecule is CCc1cc(Br)ccc1NC(=O)C(C)C(C)N.Cl. The van der Waals surface area contributed by atoms with Gasteiger partial charge in [0.2, 0.25) is 5.91 Å². The Morgan fingerprint density at radius 1 is 1.44 bits per heavy atom. The third kappa shape index (κ3) is 4.59. The van der Waals surface area contributed by atoms with Gasteiger partial charge in [-0.1, -0.05) is 29.8 Å². The van der Waals surface area contributed by atoms with Crippen LogP contribution in [-0.4, -0.2) is 11.9 Å². The van der Waals surface area contributed by atoms with E-state index in [9.17, 15) is 4.79 Å². The lowest BCUT2D eigenvalue weighted by molar-refractivity contribution is -0.119. The van der Waals surface area contributed by atoms with Gasteiger partial charge in [0.15, 0.2) is 0 Å². The van der Waals surface area contributed by atoms with Gasteiger partial charge in [0, 0.05) is 16.2 Å². The molecule has 0 aliphatic carbocycles. The van der Waals surface area contributed by atoms with E-state index in [2.05, 4.69) is 28.2 Å². The van der Waals surface area contributed by atoms with Crippen LogP contribution in [0.15, 0.2) is 22.7 Å². The van der Waals surface area contributed by atoms with E-state index in [-0.39, 0.29) is 30.3 Å². The number of rotatable bonds is 4. The van der Waals surface area contributed by atoms with Gasteiger partial charge in [0.1, 0.15) is 0 Å². The zero-order chi connectivity index (χ0) is 13.0. The van der Waals surface area contributed by atoms with E-state index in [1.165, 1.54) is 0 Å². The van der Waals surface area contributed by atoms with Gasteiger partial charge >= 0.3 is 0 Å². The van der Waals surface area contributed by atoms with Crippen LogP contribution in [0.1, 0.15) is 26.3 Å². The number of halogens is 2. The molecule has 0 aromatic heterocycles. The van der Waals surface area contributed by atoms with E-state index in [1.54, 1.807) is 0 Å². The largest absolute Gasteiger partial charge is 0.327 e. The minimum atomic E-state index is -0.191. The van der Waals surface area contributed by atoms with Crippen molar-refractivity contribution in [3.8, 4) is 0 Å². The Kier molecular flexibility index (Phi) is 7.52. The summed E-state index contributed by atoms with van der Waals surface area (Å²) in [6, 6.07) is 5.71. The Balaban J connectivity index is 0.00000289. The standard InChI is InChI=1S/C13H19BrN2O.ClH/c1-4-10-7-11(14)5-6-12(10)16-13(17)8(2)9(3)15;/h5-9H,4,15H2,1-3H3,(H,16,17);1H. The van der Waals surface area contributed by atoms with Gasteiger partial charge in [0.05, 0.1) is 5.92 Å². The summed E-state index contributed by atoms with van der Waals surface area (Å²) in [5, 5.41) is 2.93. The highest BCUT2D eigenvalue weighted by atomic mass is 79.9. The van der Waals surface area contributed by atoms with Gasteiger partial charge in [-0.25, -0.2) is 0 Å². The van der Waals surface area contributed by atoms with Crippen LogP contribution >= 0.6 is 28.3 Å². The van der Waals surface area contributed by atoms with E-state index in [1.807, 2.05) is 32.0 Å². The minimum Gasteiger partial charge on any atom is -0.327 e. The first-order chi connectivity index (χ1) is 7.95. The molecular weight excluding hydrogens is 316 g/mol. The third-order valence-electron chi connectivity index (χ3n) is 2.91. The topological polar surface area (TPSA) is 55.1 Å². The number of benzene rings is 1. The first-order valence-electron chi connectivity index (χ1n) is 5.80. The molecule has 0 aliphatic heterocycles. The second-order valence-electron chi connectivity index (χ2n) is 4.29. The Labute approximate surface area is 123 Å². The van der Waals surface area contributed by atoms with E-state index in [4.69, 9.17) is 5.73 Å². The summed E-state index contributed by atoms with van der Waals surface area (Å²) in [5.74, 6) is -0.222. The van der Waals surface area contributed by atoms with Crippen molar-refractivity contribution in [1.82, 2.24) is 0 Å². The Morgan fingerprint density at radius 3 is 2.56 bits per heavy atom. The van der Waals surface area contributed by atoms with Crippen LogP contribution in [0.2, 0.25) is 0 Å². The van der Waals surface area contributed by atoms with Crippen molar-refractivity contribution in [3.05, 3.63) is 28.2 Å². The monoisotopic (exact) mass is 334 g/mol. The number of amides is 1. The molecule has 2 unspecified atom stereocenters. The van der Waals surface area contributed by atoms with Crippen molar-refractivity contribution in [2.45, 2.75) is 33.2 Å². The molecule has 0 fully saturated rings. The molecule has 1 rings (SSSR count). The molecule has 0 aliphatic rings. The van der Waals surface area contributed by atoms with E-state index < -0.39 is 0 Å². The number of hydrogen-bond donors (Lipinski definition) is 2. The molecule has 5 heteroatoms. The number of carbonyl (C=O) groups excluding carboxylic acids is 1. The van der Waals surface area contributed by atoms with E-state index in [0.717, 1.165) is 22.1 Å². The number of hydrogen-bond acceptors (Lipinski definition) is 2. The van der Waals surface area contributed by atoms with Crippen molar-refractivity contribution < 1.29 is 4.79 Å². The van der Waals surface area contributed by atoms with Gasteiger partial charge in [-0.3, -0.25) is 4.79 Å². The molecule has 102 valence electrons. The van der Waals surface area contributed by atoms with Crippen molar-refractivity contribution in [1.29, 1.82) is 0 Å². The molecule has 0 saturated heterocycles. The van der Waals surface area contributed by atoms with Crippen LogP contribution in [0.4, 0.5) is 5.69 Å². The second-order valence-corrected chi connectivity index (χ2v) is 5.21.